The van der Waals surface area contributed by atoms with E-state index in [-0.39, 0.29) is 31.4 Å². The summed E-state index contributed by atoms with van der Waals surface area (Å²) in [7, 11) is 0. The number of carboxylic acid groups (broad SMARTS) is 2. The first-order valence-corrected chi connectivity index (χ1v) is 13.4. The number of H-pyrrole nitrogens is 2. The number of allylic oxidation sites excluding steroid dienone is 3. The van der Waals surface area contributed by atoms with E-state index in [1.165, 1.54) is 0 Å². The summed E-state index contributed by atoms with van der Waals surface area (Å²) >= 11 is 0. The zero-order valence-corrected chi connectivity index (χ0v) is 23.5. The Bertz CT molecular complexity index is 1870. The number of hydrogen-bond donors (Lipinski definition) is 5. The topological polar surface area (TPSA) is 152 Å². The fourth-order valence-electron chi connectivity index (χ4n) is 5.52. The number of aromatic hydroxyl groups is 1. The van der Waals surface area contributed by atoms with Crippen LogP contribution < -0.4 is 0 Å². The van der Waals surface area contributed by atoms with Gasteiger partial charge in [-0.15, -0.1) is 0 Å². The Balaban J connectivity index is 1.95. The molecule has 0 amide bonds. The van der Waals surface area contributed by atoms with Crippen molar-refractivity contribution in [3.05, 3.63) is 69.8 Å². The fraction of sp³-hybridized carbons (Fsp3) is 0.250. The Morgan fingerprint density at radius 3 is 2.27 bits per heavy atom. The Hall–Kier alpha value is -4.92. The highest BCUT2D eigenvalue weighted by molar-refractivity contribution is 5.95. The van der Waals surface area contributed by atoms with Gasteiger partial charge in [0, 0.05) is 35.0 Å². The Morgan fingerprint density at radius 2 is 1.59 bits per heavy atom. The molecule has 0 saturated carbocycles. The van der Waals surface area contributed by atoms with E-state index >= 15 is 0 Å². The molecule has 0 radical (unpaired) electrons. The molecule has 0 fully saturated rings. The van der Waals surface area contributed by atoms with Crippen molar-refractivity contribution in [1.82, 2.24) is 19.9 Å². The summed E-state index contributed by atoms with van der Waals surface area (Å²) in [5.41, 5.74) is 10.8. The molecule has 0 spiro atoms. The van der Waals surface area contributed by atoms with Gasteiger partial charge in [-0.2, -0.15) is 0 Å². The van der Waals surface area contributed by atoms with Crippen molar-refractivity contribution in [2.75, 3.05) is 0 Å². The molecular formula is C32H32N4O5. The van der Waals surface area contributed by atoms with Crippen LogP contribution in [-0.4, -0.2) is 47.2 Å². The third-order valence-corrected chi connectivity index (χ3v) is 7.78. The second kappa shape index (κ2) is 10.6. The Morgan fingerprint density at radius 1 is 0.902 bits per heavy atom. The van der Waals surface area contributed by atoms with Crippen molar-refractivity contribution in [3.8, 4) is 5.75 Å². The minimum Gasteiger partial charge on any atom is -0.504 e. The number of aliphatic carboxylic acids is 2. The molecule has 9 heteroatoms. The number of aromatic amines is 2. The molecule has 0 unspecified atom stereocenters. The van der Waals surface area contributed by atoms with E-state index in [0.29, 0.717) is 39.4 Å². The first kappa shape index (κ1) is 27.6. The Labute approximate surface area is 236 Å². The van der Waals surface area contributed by atoms with Gasteiger partial charge < -0.3 is 25.3 Å². The molecule has 2 aliphatic heterocycles. The van der Waals surface area contributed by atoms with E-state index < -0.39 is 11.9 Å². The second-order valence-corrected chi connectivity index (χ2v) is 10.5. The van der Waals surface area contributed by atoms with E-state index in [1.807, 2.05) is 52.0 Å². The highest BCUT2D eigenvalue weighted by Crippen LogP contribution is 2.37. The predicted octanol–water partition coefficient (Wildman–Crippen LogP) is 6.65. The van der Waals surface area contributed by atoms with Crippen LogP contribution in [0.5, 0.6) is 5.75 Å². The van der Waals surface area contributed by atoms with Crippen molar-refractivity contribution >= 4 is 62.9 Å². The number of aromatic nitrogens is 4. The van der Waals surface area contributed by atoms with Crippen LogP contribution in [0.15, 0.2) is 24.8 Å². The third-order valence-electron chi connectivity index (χ3n) is 7.78. The average molecular weight is 553 g/mol. The molecule has 2 aliphatic rings. The van der Waals surface area contributed by atoms with Gasteiger partial charge in [0.25, 0.3) is 0 Å². The summed E-state index contributed by atoms with van der Waals surface area (Å²) in [4.78, 5) is 39.4. The van der Waals surface area contributed by atoms with Gasteiger partial charge in [-0.25, -0.2) is 9.97 Å². The van der Waals surface area contributed by atoms with Gasteiger partial charge in [-0.1, -0.05) is 12.7 Å². The predicted molar refractivity (Wildman–Crippen MR) is 161 cm³/mol. The van der Waals surface area contributed by atoms with Gasteiger partial charge in [0.15, 0.2) is 5.75 Å². The summed E-state index contributed by atoms with van der Waals surface area (Å²) in [5, 5.41) is 30.3. The Kier molecular flexibility index (Phi) is 7.13. The summed E-state index contributed by atoms with van der Waals surface area (Å²) in [5.74, 6) is -1.90. The van der Waals surface area contributed by atoms with Crippen LogP contribution in [0.4, 0.5) is 0 Å². The van der Waals surface area contributed by atoms with Gasteiger partial charge in [-0.05, 0) is 98.2 Å². The van der Waals surface area contributed by atoms with Crippen molar-refractivity contribution in [1.29, 1.82) is 0 Å². The number of nitrogens with zero attached hydrogens (tertiary/aromatic N) is 2. The second-order valence-electron chi connectivity index (χ2n) is 10.5. The monoisotopic (exact) mass is 552 g/mol. The van der Waals surface area contributed by atoms with E-state index in [4.69, 9.17) is 9.97 Å². The maximum absolute atomic E-state index is 11.5. The van der Waals surface area contributed by atoms with Gasteiger partial charge in [0.2, 0.25) is 0 Å². The molecule has 8 bridgehead atoms. The van der Waals surface area contributed by atoms with Crippen molar-refractivity contribution in [2.24, 2.45) is 0 Å². The van der Waals surface area contributed by atoms with Crippen LogP contribution in [0.1, 0.15) is 78.1 Å². The standard InChI is InChI=1S/C32H32N4O5/c1-6-19-24-11-15(2)22(33-24)13-23-17(4)20(7-9-28(37)38)25(34-23)14-26-21(8-10-29(39)40)18(5)31(35-26)32(41)27-12-16(3)30(19)36-27/h6,11-14,33,35,41H,1,7-10H2,2-5H3,(H,37,38)(H,39,40). The summed E-state index contributed by atoms with van der Waals surface area (Å²) < 4.78 is 0. The van der Waals surface area contributed by atoms with Crippen LogP contribution >= 0.6 is 0 Å². The van der Waals surface area contributed by atoms with Crippen molar-refractivity contribution in [2.45, 2.75) is 53.4 Å². The lowest BCUT2D eigenvalue weighted by Crippen LogP contribution is -1.98. The third kappa shape index (κ3) is 5.06. The van der Waals surface area contributed by atoms with Gasteiger partial charge >= 0.3 is 11.9 Å². The molecule has 41 heavy (non-hydrogen) atoms. The molecule has 9 nitrogen and oxygen atoms in total. The maximum Gasteiger partial charge on any atom is 0.303 e. The maximum atomic E-state index is 11.5. The molecule has 0 aliphatic carbocycles. The van der Waals surface area contributed by atoms with Crippen LogP contribution in [-0.2, 0) is 16.0 Å². The van der Waals surface area contributed by atoms with Gasteiger partial charge in [-0.3, -0.25) is 9.59 Å². The average Bonchev–Trinajstić information content (AvgIpc) is 3.63. The molecule has 3 aromatic rings. The van der Waals surface area contributed by atoms with Crippen LogP contribution in [0, 0.1) is 13.8 Å². The SMILES string of the molecule is C=Cc1c2nc(c(O)c3[nH]c(cc4nc(cc5[nH]c1cc5C)C(C)=C4CCC(=O)O)c(CCC(=O)O)c3C)C=C2C. The molecule has 5 N–H and O–H groups in total. The van der Waals surface area contributed by atoms with Crippen LogP contribution in [0.3, 0.4) is 0 Å². The number of carboxylic acids is 2. The molecule has 0 aromatic carbocycles. The summed E-state index contributed by atoms with van der Waals surface area (Å²) in [6.07, 6.45) is 3.91. The highest BCUT2D eigenvalue weighted by Gasteiger charge is 2.21. The minimum atomic E-state index is -0.933. The van der Waals surface area contributed by atoms with E-state index in [9.17, 15) is 24.9 Å². The number of carbonyl (C=O) groups is 2. The van der Waals surface area contributed by atoms with Gasteiger partial charge in [0.1, 0.15) is 5.69 Å². The zero-order chi connectivity index (χ0) is 29.6. The quantitative estimate of drug-likeness (QED) is 0.220. The smallest absolute Gasteiger partial charge is 0.303 e. The normalized spacial score (nSPS) is 12.9. The van der Waals surface area contributed by atoms with Crippen molar-refractivity contribution < 1.29 is 24.9 Å². The molecule has 0 atom stereocenters. The van der Waals surface area contributed by atoms with E-state index in [0.717, 1.165) is 44.4 Å². The number of rotatable bonds is 7. The summed E-state index contributed by atoms with van der Waals surface area (Å²) in [6.45, 7) is 11.7. The molecule has 0 saturated heterocycles. The molecule has 5 rings (SSSR count). The lowest BCUT2D eigenvalue weighted by molar-refractivity contribution is -0.137. The molecular weight excluding hydrogens is 520 g/mol. The first-order chi connectivity index (χ1) is 19.5. The first-order valence-electron chi connectivity index (χ1n) is 13.4. The molecule has 3 aromatic heterocycles. The highest BCUT2D eigenvalue weighted by atomic mass is 16.4. The van der Waals surface area contributed by atoms with Crippen LogP contribution in [0.25, 0.3) is 50.9 Å². The number of nitrogens with one attached hydrogen (secondary N) is 2. The minimum absolute atomic E-state index is 0.0568. The molecule has 5 heterocycles. The fourth-order valence-corrected chi connectivity index (χ4v) is 5.52. The lowest BCUT2D eigenvalue weighted by atomic mass is 10.0. The largest absolute Gasteiger partial charge is 0.504 e. The number of hydrogen-bond acceptors (Lipinski definition) is 5. The molecule has 210 valence electrons. The van der Waals surface area contributed by atoms with Gasteiger partial charge in [0.05, 0.1) is 22.6 Å². The van der Waals surface area contributed by atoms with Crippen LogP contribution in [0.2, 0.25) is 0 Å². The van der Waals surface area contributed by atoms with E-state index in [1.54, 1.807) is 6.08 Å². The summed E-state index contributed by atoms with van der Waals surface area (Å²) in [6, 6.07) is 5.79. The van der Waals surface area contributed by atoms with E-state index in [2.05, 4.69) is 16.5 Å². The lowest BCUT2D eigenvalue weighted by Gasteiger charge is -2.03. The van der Waals surface area contributed by atoms with Crippen molar-refractivity contribution in [3.63, 3.8) is 0 Å². The number of aryl methyl sites for hydroxylation is 3. The zero-order valence-electron chi connectivity index (χ0n) is 23.5. The number of fused-ring (bicyclic) bond motifs is 8.